The number of benzene rings is 2. The van der Waals surface area contributed by atoms with Crippen LogP contribution in [0.5, 0.6) is 5.75 Å². The molecular formula is C19H16ClN2O5-. The van der Waals surface area contributed by atoms with Gasteiger partial charge in [0.25, 0.3) is 5.91 Å². The number of nitrogens with one attached hydrogen (secondary N) is 1. The average Bonchev–Trinajstić information content (AvgIpc) is 2.90. The van der Waals surface area contributed by atoms with Crippen LogP contribution in [0.4, 0.5) is 11.4 Å². The van der Waals surface area contributed by atoms with E-state index in [1.165, 1.54) is 25.3 Å². The van der Waals surface area contributed by atoms with Gasteiger partial charge in [0.2, 0.25) is 5.91 Å². The van der Waals surface area contributed by atoms with E-state index in [2.05, 4.69) is 5.32 Å². The normalized spacial score (nSPS) is 16.6. The summed E-state index contributed by atoms with van der Waals surface area (Å²) < 4.78 is 5.23. The van der Waals surface area contributed by atoms with Crippen LogP contribution in [0.2, 0.25) is 5.02 Å². The van der Waals surface area contributed by atoms with Crippen LogP contribution in [-0.4, -0.2) is 30.9 Å². The summed E-state index contributed by atoms with van der Waals surface area (Å²) in [6, 6.07) is 8.22. The molecule has 7 nitrogen and oxygen atoms in total. The molecule has 27 heavy (non-hydrogen) atoms. The van der Waals surface area contributed by atoms with Gasteiger partial charge >= 0.3 is 0 Å². The minimum atomic E-state index is -1.32. The fourth-order valence-corrected chi connectivity index (χ4v) is 3.09. The number of rotatable bonds is 5. The number of carbonyl (C=O) groups is 3. The molecule has 1 saturated heterocycles. The van der Waals surface area contributed by atoms with Crippen molar-refractivity contribution >= 4 is 40.8 Å². The lowest BCUT2D eigenvalue weighted by molar-refractivity contribution is -0.255. The van der Waals surface area contributed by atoms with E-state index in [4.69, 9.17) is 16.3 Å². The van der Waals surface area contributed by atoms with Crippen molar-refractivity contribution < 1.29 is 24.2 Å². The van der Waals surface area contributed by atoms with Crippen molar-refractivity contribution in [2.75, 3.05) is 17.3 Å². The maximum atomic E-state index is 12.8. The number of aryl methyl sites for hydroxylation is 1. The number of hydrogen-bond acceptors (Lipinski definition) is 6. The molecule has 140 valence electrons. The highest BCUT2D eigenvalue weighted by molar-refractivity contribution is 6.31. The standard InChI is InChI=1S/C19H17ClN2O5/c1-10-3-4-11(19(25)26)7-13(10)21-14-9-17(23)22(18(14)24)15-8-12(20)5-6-16(15)27-2/h3-8,14,21H,9H2,1-2H3,(H,25,26)/p-1/t14-/m0/s1. The lowest BCUT2D eigenvalue weighted by Crippen LogP contribution is -2.35. The molecule has 0 spiro atoms. The number of amides is 2. The van der Waals surface area contributed by atoms with Crippen molar-refractivity contribution in [1.82, 2.24) is 0 Å². The van der Waals surface area contributed by atoms with Gasteiger partial charge in [-0.25, -0.2) is 4.90 Å². The van der Waals surface area contributed by atoms with Gasteiger partial charge in [0, 0.05) is 10.7 Å². The maximum absolute atomic E-state index is 12.8. The van der Waals surface area contributed by atoms with Crippen molar-refractivity contribution in [3.63, 3.8) is 0 Å². The second-order valence-corrected chi connectivity index (χ2v) is 6.54. The zero-order valence-corrected chi connectivity index (χ0v) is 15.4. The Morgan fingerprint density at radius 3 is 2.67 bits per heavy atom. The summed E-state index contributed by atoms with van der Waals surface area (Å²) >= 11 is 6.00. The van der Waals surface area contributed by atoms with Gasteiger partial charge in [-0.2, -0.15) is 0 Å². The Morgan fingerprint density at radius 1 is 1.26 bits per heavy atom. The number of methoxy groups -OCH3 is 1. The van der Waals surface area contributed by atoms with E-state index in [-0.39, 0.29) is 17.7 Å². The Morgan fingerprint density at radius 2 is 2.00 bits per heavy atom. The van der Waals surface area contributed by atoms with Gasteiger partial charge < -0.3 is 20.0 Å². The van der Waals surface area contributed by atoms with Crippen LogP contribution >= 0.6 is 11.6 Å². The molecule has 1 N–H and O–H groups in total. The van der Waals surface area contributed by atoms with Crippen LogP contribution in [-0.2, 0) is 9.59 Å². The van der Waals surface area contributed by atoms with E-state index in [0.29, 0.717) is 16.5 Å². The van der Waals surface area contributed by atoms with Gasteiger partial charge in [-0.05, 0) is 42.3 Å². The van der Waals surface area contributed by atoms with Crippen molar-refractivity contribution in [2.24, 2.45) is 0 Å². The van der Waals surface area contributed by atoms with E-state index >= 15 is 0 Å². The number of carboxylic acids is 1. The zero-order valence-electron chi connectivity index (χ0n) is 14.6. The fourth-order valence-electron chi connectivity index (χ4n) is 2.93. The number of imide groups is 1. The largest absolute Gasteiger partial charge is 0.545 e. The second-order valence-electron chi connectivity index (χ2n) is 6.10. The number of nitrogens with zero attached hydrogens (tertiary/aromatic N) is 1. The van der Waals surface area contributed by atoms with E-state index < -0.39 is 23.8 Å². The summed E-state index contributed by atoms with van der Waals surface area (Å²) in [5.74, 6) is -1.86. The van der Waals surface area contributed by atoms with Crippen molar-refractivity contribution in [1.29, 1.82) is 0 Å². The third kappa shape index (κ3) is 3.59. The first-order chi connectivity index (χ1) is 12.8. The van der Waals surface area contributed by atoms with Gasteiger partial charge in [0.15, 0.2) is 0 Å². The summed E-state index contributed by atoms with van der Waals surface area (Å²) in [7, 11) is 1.43. The summed E-state index contributed by atoms with van der Waals surface area (Å²) in [5, 5.41) is 14.4. The maximum Gasteiger partial charge on any atom is 0.256 e. The smallest absolute Gasteiger partial charge is 0.256 e. The van der Waals surface area contributed by atoms with Gasteiger partial charge in [-0.3, -0.25) is 9.59 Å². The predicted molar refractivity (Wildman–Crippen MR) is 98.0 cm³/mol. The number of halogens is 1. The molecule has 0 aromatic heterocycles. The van der Waals surface area contributed by atoms with Crippen LogP contribution < -0.4 is 20.1 Å². The van der Waals surface area contributed by atoms with Crippen LogP contribution in [0.1, 0.15) is 22.3 Å². The molecule has 1 heterocycles. The number of carboxylic acid groups (broad SMARTS) is 1. The molecular weight excluding hydrogens is 372 g/mol. The highest BCUT2D eigenvalue weighted by atomic mass is 35.5. The number of carbonyl (C=O) groups excluding carboxylic acids is 3. The first-order valence-electron chi connectivity index (χ1n) is 8.10. The fraction of sp³-hybridized carbons (Fsp3) is 0.211. The number of hydrogen-bond donors (Lipinski definition) is 1. The molecule has 3 rings (SSSR count). The third-order valence-electron chi connectivity index (χ3n) is 4.33. The van der Waals surface area contributed by atoms with E-state index in [9.17, 15) is 19.5 Å². The molecule has 2 amide bonds. The molecule has 0 unspecified atom stereocenters. The van der Waals surface area contributed by atoms with Crippen LogP contribution in [0.3, 0.4) is 0 Å². The Balaban J connectivity index is 1.91. The van der Waals surface area contributed by atoms with E-state index in [1.807, 2.05) is 0 Å². The average molecular weight is 388 g/mol. The van der Waals surface area contributed by atoms with Crippen molar-refractivity contribution in [3.05, 3.63) is 52.5 Å². The lowest BCUT2D eigenvalue weighted by atomic mass is 10.1. The highest BCUT2D eigenvalue weighted by Crippen LogP contribution is 2.35. The van der Waals surface area contributed by atoms with Crippen LogP contribution in [0.15, 0.2) is 36.4 Å². The molecule has 0 bridgehead atoms. The first kappa shape index (κ1) is 18.7. The number of ether oxygens (including phenoxy) is 1. The number of anilines is 2. The quantitative estimate of drug-likeness (QED) is 0.785. The van der Waals surface area contributed by atoms with Crippen molar-refractivity contribution in [3.8, 4) is 5.75 Å². The van der Waals surface area contributed by atoms with Crippen LogP contribution in [0.25, 0.3) is 0 Å². The summed E-state index contributed by atoms with van der Waals surface area (Å²) in [6.07, 6.45) is -0.0799. The first-order valence-corrected chi connectivity index (χ1v) is 8.48. The zero-order chi connectivity index (χ0) is 19.7. The summed E-state index contributed by atoms with van der Waals surface area (Å²) in [5.41, 5.74) is 1.43. The molecule has 0 aliphatic carbocycles. The van der Waals surface area contributed by atoms with Gasteiger partial charge in [0.1, 0.15) is 11.8 Å². The minimum Gasteiger partial charge on any atom is -0.545 e. The minimum absolute atomic E-state index is 0.0201. The predicted octanol–water partition coefficient (Wildman–Crippen LogP) is 1.76. The molecule has 1 aliphatic rings. The van der Waals surface area contributed by atoms with E-state index in [0.717, 1.165) is 10.5 Å². The molecule has 2 aromatic carbocycles. The molecule has 0 radical (unpaired) electrons. The van der Waals surface area contributed by atoms with E-state index in [1.54, 1.807) is 25.1 Å². The second kappa shape index (κ2) is 7.28. The van der Waals surface area contributed by atoms with Gasteiger partial charge in [-0.1, -0.05) is 23.7 Å². The third-order valence-corrected chi connectivity index (χ3v) is 4.57. The Labute approximate surface area is 160 Å². The number of aromatic carboxylic acids is 1. The summed E-state index contributed by atoms with van der Waals surface area (Å²) in [6.45, 7) is 1.76. The molecule has 2 aromatic rings. The van der Waals surface area contributed by atoms with Gasteiger partial charge in [0.05, 0.1) is 25.2 Å². The summed E-state index contributed by atoms with van der Waals surface area (Å²) in [4.78, 5) is 37.4. The Kier molecular flexibility index (Phi) is 5.05. The monoisotopic (exact) mass is 387 g/mol. The van der Waals surface area contributed by atoms with Gasteiger partial charge in [-0.15, -0.1) is 0 Å². The molecule has 1 aliphatic heterocycles. The lowest BCUT2D eigenvalue weighted by Gasteiger charge is -2.19. The topological polar surface area (TPSA) is 98.8 Å². The Bertz CT molecular complexity index is 944. The molecule has 8 heteroatoms. The van der Waals surface area contributed by atoms with Crippen LogP contribution in [0, 0.1) is 6.92 Å². The van der Waals surface area contributed by atoms with Crippen molar-refractivity contribution in [2.45, 2.75) is 19.4 Å². The Hall–Kier alpha value is -3.06. The SMILES string of the molecule is COc1ccc(Cl)cc1N1C(=O)C[C@H](Nc2cc(C(=O)[O-])ccc2C)C1=O. The molecule has 1 atom stereocenters. The highest BCUT2D eigenvalue weighted by Gasteiger charge is 2.41. The molecule has 1 fully saturated rings. The molecule has 0 saturated carbocycles.